The maximum Gasteiger partial charge on any atom is 0.244 e. The molecule has 0 radical (unpaired) electrons. The summed E-state index contributed by atoms with van der Waals surface area (Å²) >= 11 is 0. The van der Waals surface area contributed by atoms with Crippen LogP contribution in [0.2, 0.25) is 0 Å². The fraction of sp³-hybridized carbons (Fsp3) is 0.412. The molecule has 0 aliphatic carbocycles. The van der Waals surface area contributed by atoms with Crippen LogP contribution in [0.1, 0.15) is 29.4 Å². The number of hydrogen-bond donors (Lipinski definition) is 2. The van der Waals surface area contributed by atoms with Crippen LogP contribution in [0.4, 0.5) is 8.78 Å². The van der Waals surface area contributed by atoms with Crippen LogP contribution in [0.3, 0.4) is 0 Å². The predicted octanol–water partition coefficient (Wildman–Crippen LogP) is 2.60. The SMILES string of the molecule is Cc1cc(S(=O)(=O)NC2CNCCC2c2ccc(F)c(F)c2)c(C)o1. The van der Waals surface area contributed by atoms with Gasteiger partial charge in [0, 0.05) is 18.5 Å². The number of nitrogens with one attached hydrogen (secondary N) is 2. The molecular formula is C17H20F2N2O3S. The van der Waals surface area contributed by atoms with Gasteiger partial charge in [-0.25, -0.2) is 21.9 Å². The van der Waals surface area contributed by atoms with Crippen molar-refractivity contribution in [3.05, 3.63) is 53.0 Å². The largest absolute Gasteiger partial charge is 0.465 e. The highest BCUT2D eigenvalue weighted by molar-refractivity contribution is 7.89. The fourth-order valence-corrected chi connectivity index (χ4v) is 4.78. The highest BCUT2D eigenvalue weighted by atomic mass is 32.2. The van der Waals surface area contributed by atoms with Gasteiger partial charge in [0.2, 0.25) is 10.0 Å². The minimum Gasteiger partial charge on any atom is -0.465 e. The molecule has 0 amide bonds. The molecule has 1 aromatic carbocycles. The molecule has 136 valence electrons. The van der Waals surface area contributed by atoms with E-state index >= 15 is 0 Å². The summed E-state index contributed by atoms with van der Waals surface area (Å²) in [5.41, 5.74) is 0.577. The molecule has 1 aliphatic heterocycles. The van der Waals surface area contributed by atoms with Crippen LogP contribution in [-0.4, -0.2) is 27.5 Å². The monoisotopic (exact) mass is 370 g/mol. The maximum atomic E-state index is 13.6. The van der Waals surface area contributed by atoms with Gasteiger partial charge in [-0.3, -0.25) is 0 Å². The van der Waals surface area contributed by atoms with E-state index in [2.05, 4.69) is 10.0 Å². The van der Waals surface area contributed by atoms with Gasteiger partial charge in [-0.05, 0) is 50.6 Å². The van der Waals surface area contributed by atoms with Gasteiger partial charge in [0.25, 0.3) is 0 Å². The first-order valence-corrected chi connectivity index (χ1v) is 9.51. The Labute approximate surface area is 145 Å². The highest BCUT2D eigenvalue weighted by Gasteiger charge is 2.32. The molecule has 8 heteroatoms. The van der Waals surface area contributed by atoms with E-state index in [1.807, 2.05) is 0 Å². The van der Waals surface area contributed by atoms with Gasteiger partial charge in [0.15, 0.2) is 11.6 Å². The zero-order valence-corrected chi connectivity index (χ0v) is 14.8. The first-order valence-electron chi connectivity index (χ1n) is 8.03. The predicted molar refractivity (Wildman–Crippen MR) is 88.9 cm³/mol. The summed E-state index contributed by atoms with van der Waals surface area (Å²) in [4.78, 5) is 0.0969. The molecule has 1 aromatic heterocycles. The van der Waals surface area contributed by atoms with E-state index in [9.17, 15) is 17.2 Å². The molecule has 5 nitrogen and oxygen atoms in total. The lowest BCUT2D eigenvalue weighted by Gasteiger charge is -2.33. The minimum atomic E-state index is -3.78. The van der Waals surface area contributed by atoms with Gasteiger partial charge in [0.1, 0.15) is 16.4 Å². The van der Waals surface area contributed by atoms with Gasteiger partial charge >= 0.3 is 0 Å². The number of benzene rings is 1. The van der Waals surface area contributed by atoms with Crippen molar-refractivity contribution >= 4 is 10.0 Å². The molecule has 1 fully saturated rings. The van der Waals surface area contributed by atoms with Crippen LogP contribution in [0.25, 0.3) is 0 Å². The Hall–Kier alpha value is -1.77. The lowest BCUT2D eigenvalue weighted by molar-refractivity contribution is 0.376. The van der Waals surface area contributed by atoms with Crippen molar-refractivity contribution in [2.75, 3.05) is 13.1 Å². The Morgan fingerprint density at radius 3 is 2.60 bits per heavy atom. The van der Waals surface area contributed by atoms with Gasteiger partial charge in [-0.15, -0.1) is 0 Å². The molecule has 3 rings (SSSR count). The van der Waals surface area contributed by atoms with Crippen LogP contribution in [-0.2, 0) is 10.0 Å². The fourth-order valence-electron chi connectivity index (χ4n) is 3.26. The summed E-state index contributed by atoms with van der Waals surface area (Å²) in [7, 11) is -3.78. The Balaban J connectivity index is 1.88. The third kappa shape index (κ3) is 3.75. The highest BCUT2D eigenvalue weighted by Crippen LogP contribution is 2.29. The lowest BCUT2D eigenvalue weighted by atomic mass is 9.86. The smallest absolute Gasteiger partial charge is 0.244 e. The molecule has 2 atom stereocenters. The number of sulfonamides is 1. The molecule has 2 N–H and O–H groups in total. The first-order chi connectivity index (χ1) is 11.8. The standard InChI is InChI=1S/C17H20F2N2O3S/c1-10-7-17(11(2)24-10)25(22,23)21-16-9-20-6-5-13(16)12-3-4-14(18)15(19)8-12/h3-4,7-8,13,16,20-21H,5-6,9H2,1-2H3. The third-order valence-corrected chi connectivity index (χ3v) is 6.04. The molecule has 25 heavy (non-hydrogen) atoms. The number of rotatable bonds is 4. The molecule has 2 heterocycles. The summed E-state index contributed by atoms with van der Waals surface area (Å²) < 4.78 is 60.2. The number of furan rings is 1. The van der Waals surface area contributed by atoms with E-state index in [1.165, 1.54) is 12.1 Å². The Morgan fingerprint density at radius 2 is 1.96 bits per heavy atom. The van der Waals surface area contributed by atoms with Crippen molar-refractivity contribution in [3.63, 3.8) is 0 Å². The zero-order chi connectivity index (χ0) is 18.2. The van der Waals surface area contributed by atoms with Gasteiger partial charge in [-0.1, -0.05) is 6.07 Å². The van der Waals surface area contributed by atoms with Crippen molar-refractivity contribution in [3.8, 4) is 0 Å². The van der Waals surface area contributed by atoms with Crippen molar-refractivity contribution in [2.45, 2.75) is 37.1 Å². The van der Waals surface area contributed by atoms with Crippen molar-refractivity contribution < 1.29 is 21.6 Å². The second-order valence-electron chi connectivity index (χ2n) is 6.28. The normalized spacial score (nSPS) is 21.4. The molecular weight excluding hydrogens is 350 g/mol. The van der Waals surface area contributed by atoms with Crippen LogP contribution >= 0.6 is 0 Å². The van der Waals surface area contributed by atoms with Crippen LogP contribution in [0, 0.1) is 25.5 Å². The Morgan fingerprint density at radius 1 is 1.20 bits per heavy atom. The number of piperidine rings is 1. The third-order valence-electron chi connectivity index (χ3n) is 4.45. The molecule has 0 bridgehead atoms. The second kappa shape index (κ2) is 6.86. The molecule has 1 saturated heterocycles. The van der Waals surface area contributed by atoms with E-state index in [-0.39, 0.29) is 10.8 Å². The van der Waals surface area contributed by atoms with E-state index in [0.29, 0.717) is 36.6 Å². The lowest BCUT2D eigenvalue weighted by Crippen LogP contribution is -2.49. The summed E-state index contributed by atoms with van der Waals surface area (Å²) in [5, 5.41) is 3.14. The van der Waals surface area contributed by atoms with Crippen molar-refractivity contribution in [2.24, 2.45) is 0 Å². The minimum absolute atomic E-state index is 0.0969. The number of halogens is 2. The average molecular weight is 370 g/mol. The second-order valence-corrected chi connectivity index (χ2v) is 7.96. The van der Waals surface area contributed by atoms with E-state index in [1.54, 1.807) is 13.8 Å². The molecule has 1 aliphatic rings. The van der Waals surface area contributed by atoms with E-state index in [0.717, 1.165) is 12.1 Å². The zero-order valence-electron chi connectivity index (χ0n) is 14.0. The summed E-state index contributed by atoms with van der Waals surface area (Å²) in [5.74, 6) is -1.27. The van der Waals surface area contributed by atoms with Crippen molar-refractivity contribution in [1.82, 2.24) is 10.0 Å². The topological polar surface area (TPSA) is 71.3 Å². The van der Waals surface area contributed by atoms with Crippen molar-refractivity contribution in [1.29, 1.82) is 0 Å². The maximum absolute atomic E-state index is 13.6. The first kappa shape index (κ1) is 18.0. The molecule has 0 saturated carbocycles. The summed E-state index contributed by atoms with van der Waals surface area (Å²) in [6.07, 6.45) is 0.613. The van der Waals surface area contributed by atoms with Crippen LogP contribution in [0.5, 0.6) is 0 Å². The van der Waals surface area contributed by atoms with E-state index in [4.69, 9.17) is 4.42 Å². The van der Waals surface area contributed by atoms with E-state index < -0.39 is 27.7 Å². The van der Waals surface area contributed by atoms with Crippen LogP contribution < -0.4 is 10.0 Å². The molecule has 2 unspecified atom stereocenters. The summed E-state index contributed by atoms with van der Waals surface area (Å²) in [6, 6.07) is 4.71. The summed E-state index contributed by atoms with van der Waals surface area (Å²) in [6.45, 7) is 4.34. The van der Waals surface area contributed by atoms with Gasteiger partial charge in [0.05, 0.1) is 0 Å². The number of hydrogen-bond acceptors (Lipinski definition) is 4. The quantitative estimate of drug-likeness (QED) is 0.868. The number of aryl methyl sites for hydroxylation is 2. The van der Waals surface area contributed by atoms with Gasteiger partial charge in [-0.2, -0.15) is 0 Å². The van der Waals surface area contributed by atoms with Gasteiger partial charge < -0.3 is 9.73 Å². The Kier molecular flexibility index (Phi) is 4.95. The molecule has 0 spiro atoms. The molecule has 2 aromatic rings. The average Bonchev–Trinajstić information content (AvgIpc) is 2.90. The van der Waals surface area contributed by atoms with Crippen LogP contribution in [0.15, 0.2) is 33.6 Å². The Bertz CT molecular complexity index is 880.